The lowest BCUT2D eigenvalue weighted by Crippen LogP contribution is -2.12. The molecule has 0 aliphatic heterocycles. The van der Waals surface area contributed by atoms with E-state index in [1.807, 2.05) is 0 Å². The van der Waals surface area contributed by atoms with Crippen molar-refractivity contribution in [1.29, 1.82) is 0 Å². The maximum absolute atomic E-state index is 12.5. The molecule has 3 rings (SSSR count). The van der Waals surface area contributed by atoms with Crippen molar-refractivity contribution >= 4 is 40.7 Å². The van der Waals surface area contributed by atoms with Gasteiger partial charge in [0.25, 0.3) is 5.91 Å². The van der Waals surface area contributed by atoms with Crippen LogP contribution in [-0.2, 0) is 4.74 Å². The normalized spacial score (nSPS) is 10.1. The highest BCUT2D eigenvalue weighted by Crippen LogP contribution is 2.22. The second-order valence-corrected chi connectivity index (χ2v) is 5.97. The number of hydrogen-bond donors (Lipinski definition) is 2. The first-order valence-electron chi connectivity index (χ1n) is 8.04. The van der Waals surface area contributed by atoms with E-state index in [1.54, 1.807) is 60.7 Å². The minimum absolute atomic E-state index is 0.308. The Bertz CT molecular complexity index is 991. The van der Waals surface area contributed by atoms with E-state index in [-0.39, 0.29) is 5.91 Å². The molecule has 0 aliphatic carbocycles. The standard InChI is InChI=1S/C20H16ClN3O3/c1-27-20(26)14-5-4-6-15(11-14)23-18-12-13(9-10-22-18)19(25)24-17-8-3-2-7-16(17)21/h2-12H,1H3,(H,22,23)(H,24,25). The predicted molar refractivity (Wildman–Crippen MR) is 105 cm³/mol. The molecule has 6 nitrogen and oxygen atoms in total. The lowest BCUT2D eigenvalue weighted by Gasteiger charge is -2.10. The van der Waals surface area contributed by atoms with Gasteiger partial charge in [-0.2, -0.15) is 0 Å². The predicted octanol–water partition coefficient (Wildman–Crippen LogP) is 4.52. The number of para-hydroxylation sites is 1. The molecule has 7 heteroatoms. The van der Waals surface area contributed by atoms with Crippen LogP contribution in [0.15, 0.2) is 66.9 Å². The first kappa shape index (κ1) is 18.4. The summed E-state index contributed by atoms with van der Waals surface area (Å²) < 4.78 is 4.71. The Labute approximate surface area is 161 Å². The van der Waals surface area contributed by atoms with Crippen LogP contribution in [0.5, 0.6) is 0 Å². The fourth-order valence-electron chi connectivity index (χ4n) is 2.39. The Morgan fingerprint density at radius 3 is 2.59 bits per heavy atom. The highest BCUT2D eigenvalue weighted by atomic mass is 35.5. The molecule has 27 heavy (non-hydrogen) atoms. The molecular formula is C20H16ClN3O3. The number of carbonyl (C=O) groups is 2. The largest absolute Gasteiger partial charge is 0.465 e. The summed E-state index contributed by atoms with van der Waals surface area (Å²) in [5.41, 5.74) is 2.00. The number of hydrogen-bond acceptors (Lipinski definition) is 5. The van der Waals surface area contributed by atoms with Gasteiger partial charge in [0.15, 0.2) is 0 Å². The average Bonchev–Trinajstić information content (AvgIpc) is 2.69. The zero-order valence-corrected chi connectivity index (χ0v) is 15.2. The first-order valence-corrected chi connectivity index (χ1v) is 8.42. The van der Waals surface area contributed by atoms with Crippen LogP contribution in [0.2, 0.25) is 5.02 Å². The van der Waals surface area contributed by atoms with Crippen molar-refractivity contribution in [2.24, 2.45) is 0 Å². The number of rotatable bonds is 5. The molecule has 1 aromatic heterocycles. The van der Waals surface area contributed by atoms with Gasteiger partial charge < -0.3 is 15.4 Å². The lowest BCUT2D eigenvalue weighted by molar-refractivity contribution is 0.0600. The topological polar surface area (TPSA) is 80.3 Å². The average molecular weight is 382 g/mol. The maximum atomic E-state index is 12.5. The van der Waals surface area contributed by atoms with E-state index in [2.05, 4.69) is 15.6 Å². The zero-order chi connectivity index (χ0) is 19.2. The van der Waals surface area contributed by atoms with Crippen LogP contribution in [0.4, 0.5) is 17.2 Å². The summed E-state index contributed by atoms with van der Waals surface area (Å²) in [6.07, 6.45) is 1.52. The summed E-state index contributed by atoms with van der Waals surface area (Å²) in [7, 11) is 1.32. The van der Waals surface area contributed by atoms with Crippen LogP contribution in [0.25, 0.3) is 0 Å². The molecule has 0 bridgehead atoms. The highest BCUT2D eigenvalue weighted by Gasteiger charge is 2.10. The molecule has 0 fully saturated rings. The number of methoxy groups -OCH3 is 1. The summed E-state index contributed by atoms with van der Waals surface area (Å²) in [6.45, 7) is 0. The molecule has 0 saturated heterocycles. The third-order valence-electron chi connectivity index (χ3n) is 3.70. The molecule has 0 aliphatic rings. The molecule has 0 atom stereocenters. The second kappa shape index (κ2) is 8.33. The van der Waals surface area contributed by atoms with Crippen molar-refractivity contribution in [2.45, 2.75) is 0 Å². The van der Waals surface area contributed by atoms with Crippen LogP contribution >= 0.6 is 11.6 Å². The van der Waals surface area contributed by atoms with Gasteiger partial charge in [-0.3, -0.25) is 4.79 Å². The molecule has 0 unspecified atom stereocenters. The first-order chi connectivity index (χ1) is 13.1. The summed E-state index contributed by atoms with van der Waals surface area (Å²) in [5, 5.41) is 6.29. The van der Waals surface area contributed by atoms with Gasteiger partial charge in [-0.25, -0.2) is 9.78 Å². The Morgan fingerprint density at radius 2 is 1.81 bits per heavy atom. The molecule has 1 heterocycles. The Balaban J connectivity index is 1.77. The molecule has 3 aromatic rings. The number of benzene rings is 2. The van der Waals surface area contributed by atoms with Gasteiger partial charge in [0.1, 0.15) is 5.82 Å². The van der Waals surface area contributed by atoms with Gasteiger partial charge in [-0.15, -0.1) is 0 Å². The lowest BCUT2D eigenvalue weighted by atomic mass is 10.2. The van der Waals surface area contributed by atoms with Crippen molar-refractivity contribution in [3.63, 3.8) is 0 Å². The molecule has 2 aromatic carbocycles. The molecule has 0 spiro atoms. The molecule has 136 valence electrons. The third kappa shape index (κ3) is 4.62. The molecular weight excluding hydrogens is 366 g/mol. The molecule has 2 N–H and O–H groups in total. The van der Waals surface area contributed by atoms with E-state index in [9.17, 15) is 9.59 Å². The smallest absolute Gasteiger partial charge is 0.337 e. The number of nitrogens with one attached hydrogen (secondary N) is 2. The van der Waals surface area contributed by atoms with Gasteiger partial charge in [-0.05, 0) is 42.5 Å². The highest BCUT2D eigenvalue weighted by molar-refractivity contribution is 6.33. The van der Waals surface area contributed by atoms with Gasteiger partial charge in [0, 0.05) is 17.4 Å². The van der Waals surface area contributed by atoms with Gasteiger partial charge in [0.2, 0.25) is 0 Å². The monoisotopic (exact) mass is 381 g/mol. The Morgan fingerprint density at radius 1 is 1.00 bits per heavy atom. The van der Waals surface area contributed by atoms with Crippen LogP contribution in [-0.4, -0.2) is 24.0 Å². The number of aromatic nitrogens is 1. The summed E-state index contributed by atoms with van der Waals surface area (Å²) >= 11 is 6.07. The summed E-state index contributed by atoms with van der Waals surface area (Å²) in [4.78, 5) is 28.3. The van der Waals surface area contributed by atoms with E-state index < -0.39 is 5.97 Å². The summed E-state index contributed by atoms with van der Waals surface area (Å²) in [5.74, 6) is -0.278. The summed E-state index contributed by atoms with van der Waals surface area (Å²) in [6, 6.07) is 17.0. The quantitative estimate of drug-likeness (QED) is 0.635. The molecule has 1 amide bonds. The van der Waals surface area contributed by atoms with E-state index in [0.717, 1.165) is 0 Å². The zero-order valence-electron chi connectivity index (χ0n) is 14.4. The number of nitrogens with zero attached hydrogens (tertiary/aromatic N) is 1. The van der Waals surface area contributed by atoms with Crippen molar-refractivity contribution < 1.29 is 14.3 Å². The minimum atomic E-state index is -0.431. The van der Waals surface area contributed by atoms with E-state index in [0.29, 0.717) is 33.3 Å². The Kier molecular flexibility index (Phi) is 5.68. The number of amides is 1. The van der Waals surface area contributed by atoms with Crippen molar-refractivity contribution in [3.05, 3.63) is 83.0 Å². The number of halogens is 1. The number of ether oxygens (including phenoxy) is 1. The van der Waals surface area contributed by atoms with Crippen LogP contribution in [0, 0.1) is 0 Å². The van der Waals surface area contributed by atoms with Gasteiger partial charge in [0.05, 0.1) is 23.4 Å². The van der Waals surface area contributed by atoms with Crippen molar-refractivity contribution in [1.82, 2.24) is 4.98 Å². The number of carbonyl (C=O) groups excluding carboxylic acids is 2. The van der Waals surface area contributed by atoms with Gasteiger partial charge >= 0.3 is 5.97 Å². The van der Waals surface area contributed by atoms with E-state index in [1.165, 1.54) is 13.3 Å². The van der Waals surface area contributed by atoms with Crippen molar-refractivity contribution in [2.75, 3.05) is 17.7 Å². The molecule has 0 radical (unpaired) electrons. The molecule has 0 saturated carbocycles. The van der Waals surface area contributed by atoms with Crippen LogP contribution in [0.3, 0.4) is 0 Å². The number of esters is 1. The van der Waals surface area contributed by atoms with E-state index >= 15 is 0 Å². The van der Waals surface area contributed by atoms with Crippen molar-refractivity contribution in [3.8, 4) is 0 Å². The fraction of sp³-hybridized carbons (Fsp3) is 0.0500. The van der Waals surface area contributed by atoms with Crippen LogP contribution in [0.1, 0.15) is 20.7 Å². The van der Waals surface area contributed by atoms with Crippen LogP contribution < -0.4 is 10.6 Å². The van der Waals surface area contributed by atoms with Gasteiger partial charge in [-0.1, -0.05) is 29.8 Å². The minimum Gasteiger partial charge on any atom is -0.465 e. The fourth-order valence-corrected chi connectivity index (χ4v) is 2.57. The Hall–Kier alpha value is -3.38. The third-order valence-corrected chi connectivity index (χ3v) is 4.03. The maximum Gasteiger partial charge on any atom is 0.337 e. The SMILES string of the molecule is COC(=O)c1cccc(Nc2cc(C(=O)Nc3ccccc3Cl)ccn2)c1. The number of anilines is 3. The number of pyridine rings is 1. The van der Waals surface area contributed by atoms with E-state index in [4.69, 9.17) is 16.3 Å². The second-order valence-electron chi connectivity index (χ2n) is 5.56.